The Bertz CT molecular complexity index is 124. The van der Waals surface area contributed by atoms with Gasteiger partial charge >= 0.3 is 0 Å². The van der Waals surface area contributed by atoms with E-state index >= 15 is 0 Å². The highest BCUT2D eigenvalue weighted by atomic mass is 15.1. The molecule has 0 aliphatic carbocycles. The van der Waals surface area contributed by atoms with Gasteiger partial charge in [0.2, 0.25) is 0 Å². The molecule has 0 spiro atoms. The molecule has 1 N–H and O–H groups in total. The van der Waals surface area contributed by atoms with E-state index in [0.29, 0.717) is 6.04 Å². The van der Waals surface area contributed by atoms with Crippen LogP contribution in [0.3, 0.4) is 0 Å². The van der Waals surface area contributed by atoms with Crippen molar-refractivity contribution in [1.29, 1.82) is 0 Å². The fourth-order valence-corrected chi connectivity index (χ4v) is 0.784. The van der Waals surface area contributed by atoms with E-state index < -0.39 is 0 Å². The first-order chi connectivity index (χ1) is 5.16. The summed E-state index contributed by atoms with van der Waals surface area (Å²) in [6, 6.07) is 0.444. The first kappa shape index (κ1) is 10.5. The van der Waals surface area contributed by atoms with Gasteiger partial charge in [-0.15, -0.1) is 12.3 Å². The highest BCUT2D eigenvalue weighted by molar-refractivity contribution is 4.87. The minimum atomic E-state index is 0.444. The summed E-state index contributed by atoms with van der Waals surface area (Å²) in [6.45, 7) is 4.18. The van der Waals surface area contributed by atoms with E-state index in [2.05, 4.69) is 37.2 Å². The maximum absolute atomic E-state index is 5.16. The molecule has 1 atom stereocenters. The second-order valence-corrected chi connectivity index (χ2v) is 3.07. The summed E-state index contributed by atoms with van der Waals surface area (Å²) in [5, 5.41) is 3.33. The lowest BCUT2D eigenvalue weighted by molar-refractivity contribution is 0.388. The molecule has 1 unspecified atom stereocenters. The molecule has 0 heterocycles. The molecule has 64 valence electrons. The minimum absolute atomic E-state index is 0.444. The molecule has 0 saturated heterocycles. The summed E-state index contributed by atoms with van der Waals surface area (Å²) in [7, 11) is 4.13. The van der Waals surface area contributed by atoms with Crippen molar-refractivity contribution in [3.05, 3.63) is 0 Å². The van der Waals surface area contributed by atoms with Crippen LogP contribution in [0.2, 0.25) is 0 Å². The number of terminal acetylenes is 1. The van der Waals surface area contributed by atoms with Gasteiger partial charge in [0.25, 0.3) is 0 Å². The summed E-state index contributed by atoms with van der Waals surface area (Å²) in [5.74, 6) is 2.63. The van der Waals surface area contributed by atoms with E-state index in [1.807, 2.05) is 0 Å². The number of likely N-dealkylation sites (N-methyl/N-ethyl adjacent to an activating group) is 1. The van der Waals surface area contributed by atoms with E-state index in [4.69, 9.17) is 6.42 Å². The Morgan fingerprint density at radius 3 is 2.64 bits per heavy atom. The molecular weight excluding hydrogens is 136 g/mol. The van der Waals surface area contributed by atoms with Gasteiger partial charge in [0, 0.05) is 25.6 Å². The minimum Gasteiger partial charge on any atom is -0.312 e. The molecule has 2 heteroatoms. The Balaban J connectivity index is 3.18. The van der Waals surface area contributed by atoms with Crippen LogP contribution in [0.4, 0.5) is 0 Å². The first-order valence-corrected chi connectivity index (χ1v) is 3.98. The number of hydrogen-bond acceptors (Lipinski definition) is 2. The highest BCUT2D eigenvalue weighted by Gasteiger charge is 1.97. The third-order valence-electron chi connectivity index (χ3n) is 1.48. The average molecular weight is 154 g/mol. The van der Waals surface area contributed by atoms with Crippen LogP contribution >= 0.6 is 0 Å². The lowest BCUT2D eigenvalue weighted by Crippen LogP contribution is -2.32. The normalized spacial score (nSPS) is 13.0. The van der Waals surface area contributed by atoms with Crippen LogP contribution in [-0.2, 0) is 0 Å². The van der Waals surface area contributed by atoms with Crippen LogP contribution in [0.5, 0.6) is 0 Å². The van der Waals surface area contributed by atoms with Crippen LogP contribution in [-0.4, -0.2) is 38.1 Å². The molecule has 2 nitrogen and oxygen atoms in total. The highest BCUT2D eigenvalue weighted by Crippen LogP contribution is 1.86. The fraction of sp³-hybridized carbons (Fsp3) is 0.778. The molecule has 0 rings (SSSR count). The zero-order chi connectivity index (χ0) is 8.69. The summed E-state index contributed by atoms with van der Waals surface area (Å²) in [6.07, 6.45) is 5.97. The zero-order valence-electron chi connectivity index (χ0n) is 7.72. The van der Waals surface area contributed by atoms with E-state index in [0.717, 1.165) is 19.5 Å². The maximum atomic E-state index is 5.16. The topological polar surface area (TPSA) is 15.3 Å². The standard InChI is InChI=1S/C9H18N2/c1-5-6-9(2)10-7-8-11(3)4/h1,9-10H,6-8H2,2-4H3. The first-order valence-electron chi connectivity index (χ1n) is 3.98. The second-order valence-electron chi connectivity index (χ2n) is 3.07. The molecule has 0 radical (unpaired) electrons. The Morgan fingerprint density at radius 1 is 1.55 bits per heavy atom. The molecule has 0 aliphatic heterocycles. The van der Waals surface area contributed by atoms with Gasteiger partial charge in [-0.05, 0) is 21.0 Å². The largest absolute Gasteiger partial charge is 0.312 e. The third-order valence-corrected chi connectivity index (χ3v) is 1.48. The van der Waals surface area contributed by atoms with Gasteiger partial charge in [-0.2, -0.15) is 0 Å². The predicted molar refractivity (Wildman–Crippen MR) is 49.5 cm³/mol. The summed E-state index contributed by atoms with van der Waals surface area (Å²) < 4.78 is 0. The van der Waals surface area contributed by atoms with Crippen LogP contribution < -0.4 is 5.32 Å². The Hall–Kier alpha value is -0.520. The predicted octanol–water partition coefficient (Wildman–Crippen LogP) is 0.549. The molecular formula is C9H18N2. The van der Waals surface area contributed by atoms with Gasteiger partial charge in [0.05, 0.1) is 0 Å². The van der Waals surface area contributed by atoms with Crippen LogP contribution in [0, 0.1) is 12.3 Å². The molecule has 0 aromatic rings. The number of hydrogen-bond donors (Lipinski definition) is 1. The fourth-order valence-electron chi connectivity index (χ4n) is 0.784. The van der Waals surface area contributed by atoms with E-state index in [-0.39, 0.29) is 0 Å². The lowest BCUT2D eigenvalue weighted by atomic mass is 10.2. The quantitative estimate of drug-likeness (QED) is 0.582. The third kappa shape index (κ3) is 7.38. The van der Waals surface area contributed by atoms with E-state index in [9.17, 15) is 0 Å². The number of rotatable bonds is 5. The molecule has 0 aromatic heterocycles. The van der Waals surface area contributed by atoms with Crippen molar-refractivity contribution < 1.29 is 0 Å². The molecule has 0 aliphatic rings. The van der Waals surface area contributed by atoms with Gasteiger partial charge in [-0.3, -0.25) is 0 Å². The van der Waals surface area contributed by atoms with Crippen LogP contribution in [0.1, 0.15) is 13.3 Å². The van der Waals surface area contributed by atoms with Crippen molar-refractivity contribution in [1.82, 2.24) is 10.2 Å². The Morgan fingerprint density at radius 2 is 2.18 bits per heavy atom. The lowest BCUT2D eigenvalue weighted by Gasteiger charge is -2.13. The Labute approximate surface area is 70.0 Å². The maximum Gasteiger partial charge on any atom is 0.0238 e. The van der Waals surface area contributed by atoms with Gasteiger partial charge in [0.1, 0.15) is 0 Å². The van der Waals surface area contributed by atoms with Crippen molar-refractivity contribution in [3.63, 3.8) is 0 Å². The van der Waals surface area contributed by atoms with Crippen LogP contribution in [0.15, 0.2) is 0 Å². The smallest absolute Gasteiger partial charge is 0.0238 e. The molecule has 0 saturated carbocycles. The van der Waals surface area contributed by atoms with Crippen molar-refractivity contribution >= 4 is 0 Å². The van der Waals surface area contributed by atoms with Crippen molar-refractivity contribution in [2.24, 2.45) is 0 Å². The molecule has 0 amide bonds. The summed E-state index contributed by atoms with van der Waals surface area (Å²) >= 11 is 0. The van der Waals surface area contributed by atoms with Crippen molar-refractivity contribution in [2.75, 3.05) is 27.2 Å². The van der Waals surface area contributed by atoms with Gasteiger partial charge in [0.15, 0.2) is 0 Å². The van der Waals surface area contributed by atoms with Gasteiger partial charge in [-0.1, -0.05) is 0 Å². The number of nitrogens with zero attached hydrogens (tertiary/aromatic N) is 1. The second kappa shape index (κ2) is 6.21. The SMILES string of the molecule is C#CCC(C)NCCN(C)C. The molecule has 0 bridgehead atoms. The summed E-state index contributed by atoms with van der Waals surface area (Å²) in [5.41, 5.74) is 0. The monoisotopic (exact) mass is 154 g/mol. The zero-order valence-corrected chi connectivity index (χ0v) is 7.72. The van der Waals surface area contributed by atoms with Crippen molar-refractivity contribution in [2.45, 2.75) is 19.4 Å². The van der Waals surface area contributed by atoms with E-state index in [1.54, 1.807) is 0 Å². The van der Waals surface area contributed by atoms with Crippen LogP contribution in [0.25, 0.3) is 0 Å². The Kier molecular flexibility index (Phi) is 5.91. The van der Waals surface area contributed by atoms with Crippen molar-refractivity contribution in [3.8, 4) is 12.3 Å². The van der Waals surface area contributed by atoms with Gasteiger partial charge in [-0.25, -0.2) is 0 Å². The molecule has 11 heavy (non-hydrogen) atoms. The average Bonchev–Trinajstić information content (AvgIpc) is 1.87. The van der Waals surface area contributed by atoms with E-state index in [1.165, 1.54) is 0 Å². The summed E-state index contributed by atoms with van der Waals surface area (Å²) in [4.78, 5) is 2.15. The molecule has 0 aromatic carbocycles. The number of nitrogens with one attached hydrogen (secondary N) is 1. The van der Waals surface area contributed by atoms with Gasteiger partial charge < -0.3 is 10.2 Å². The molecule has 0 fully saturated rings.